The Bertz CT molecular complexity index is 472. The van der Waals surface area contributed by atoms with E-state index in [1.807, 2.05) is 21.6 Å². The summed E-state index contributed by atoms with van der Waals surface area (Å²) < 4.78 is 0. The van der Waals surface area contributed by atoms with E-state index in [2.05, 4.69) is 55.8 Å². The topological polar surface area (TPSA) is 24.7 Å². The van der Waals surface area contributed by atoms with Gasteiger partial charge in [-0.3, -0.25) is 0 Å². The zero-order valence-electron chi connectivity index (χ0n) is 11.9. The summed E-state index contributed by atoms with van der Waals surface area (Å²) in [6.07, 6.45) is 2.32. The molecule has 1 aromatic rings. The summed E-state index contributed by atoms with van der Waals surface area (Å²) >= 11 is 0. The summed E-state index contributed by atoms with van der Waals surface area (Å²) in [5.41, 5.74) is 3.33. The van der Waals surface area contributed by atoms with Crippen LogP contribution in [0.4, 0.5) is 11.4 Å². The molecule has 1 aromatic carbocycles. The fourth-order valence-corrected chi connectivity index (χ4v) is 3.86. The minimum absolute atomic E-state index is 0.621. The standard InChI is InChI=1S/C15H20N2S2/c1-10(2)5-6-12-7-13-14(17-9-16-13)8-15(12)19-18-11(3)4/h7-8,10-11H,5-6H2,1-4H3. The molecule has 0 saturated carbocycles. The van der Waals surface area contributed by atoms with E-state index in [0.717, 1.165) is 23.7 Å². The highest BCUT2D eigenvalue weighted by molar-refractivity contribution is 8.76. The second-order valence-corrected chi connectivity index (χ2v) is 8.25. The van der Waals surface area contributed by atoms with Gasteiger partial charge in [-0.15, -0.1) is 0 Å². The van der Waals surface area contributed by atoms with Crippen LogP contribution in [0.3, 0.4) is 0 Å². The van der Waals surface area contributed by atoms with E-state index in [0.29, 0.717) is 5.25 Å². The first kappa shape index (κ1) is 14.7. The van der Waals surface area contributed by atoms with E-state index in [9.17, 15) is 0 Å². The molecule has 0 bridgehead atoms. The van der Waals surface area contributed by atoms with Gasteiger partial charge in [-0.2, -0.15) is 9.98 Å². The third kappa shape index (κ3) is 4.13. The Morgan fingerprint density at radius 1 is 1.11 bits per heavy atom. The molecule has 0 aromatic heterocycles. The lowest BCUT2D eigenvalue weighted by Gasteiger charge is -2.12. The Morgan fingerprint density at radius 2 is 1.79 bits per heavy atom. The zero-order valence-corrected chi connectivity index (χ0v) is 13.6. The first-order valence-corrected chi connectivity index (χ1v) is 8.94. The molecule has 4 heteroatoms. The first-order chi connectivity index (χ1) is 9.06. The number of rotatable bonds is 6. The number of benzene rings is 1. The number of aryl methyl sites for hydroxylation is 1. The highest BCUT2D eigenvalue weighted by Crippen LogP contribution is 2.43. The van der Waals surface area contributed by atoms with Gasteiger partial charge in [-0.05, 0) is 36.5 Å². The smallest absolute Gasteiger partial charge is 0.102 e. The molecule has 0 atom stereocenters. The maximum atomic E-state index is 4.19. The minimum atomic E-state index is 0.621. The SMILES string of the molecule is CC(C)CCc1cc2c(cc1SSC(C)C)N=C=N2. The van der Waals surface area contributed by atoms with Gasteiger partial charge in [0.25, 0.3) is 0 Å². The van der Waals surface area contributed by atoms with Crippen molar-refractivity contribution in [3.05, 3.63) is 17.7 Å². The van der Waals surface area contributed by atoms with Crippen molar-refractivity contribution in [3.63, 3.8) is 0 Å². The Kier molecular flexibility index (Phi) is 5.14. The molecule has 0 fully saturated rings. The third-order valence-corrected chi connectivity index (χ3v) is 5.84. The maximum absolute atomic E-state index is 4.19. The van der Waals surface area contributed by atoms with Crippen LogP contribution in [0.2, 0.25) is 0 Å². The molecular weight excluding hydrogens is 272 g/mol. The lowest BCUT2D eigenvalue weighted by atomic mass is 10.0. The summed E-state index contributed by atoms with van der Waals surface area (Å²) in [6.45, 7) is 8.98. The van der Waals surface area contributed by atoms with E-state index >= 15 is 0 Å². The number of aliphatic imine (C=N–C) groups is 2. The Morgan fingerprint density at radius 3 is 2.42 bits per heavy atom. The van der Waals surface area contributed by atoms with Crippen LogP contribution in [0.15, 0.2) is 27.0 Å². The number of hydrogen-bond donors (Lipinski definition) is 0. The summed E-state index contributed by atoms with van der Waals surface area (Å²) in [7, 11) is 3.76. The van der Waals surface area contributed by atoms with Crippen molar-refractivity contribution in [1.29, 1.82) is 0 Å². The molecule has 19 heavy (non-hydrogen) atoms. The van der Waals surface area contributed by atoms with Crippen molar-refractivity contribution in [2.24, 2.45) is 15.9 Å². The molecule has 2 rings (SSSR count). The first-order valence-electron chi connectivity index (χ1n) is 6.73. The van der Waals surface area contributed by atoms with Crippen LogP contribution >= 0.6 is 21.6 Å². The van der Waals surface area contributed by atoms with Gasteiger partial charge in [-0.1, -0.05) is 49.3 Å². The van der Waals surface area contributed by atoms with Crippen molar-refractivity contribution in [1.82, 2.24) is 0 Å². The van der Waals surface area contributed by atoms with Crippen molar-refractivity contribution >= 4 is 39.0 Å². The zero-order chi connectivity index (χ0) is 13.8. The highest BCUT2D eigenvalue weighted by atomic mass is 33.1. The molecule has 1 heterocycles. The van der Waals surface area contributed by atoms with E-state index in [-0.39, 0.29) is 0 Å². The van der Waals surface area contributed by atoms with Gasteiger partial charge in [0.05, 0.1) is 0 Å². The lowest BCUT2D eigenvalue weighted by molar-refractivity contribution is 0.584. The molecule has 0 aliphatic carbocycles. The largest absolute Gasteiger partial charge is 0.185 e. The predicted octanol–water partition coefficient (Wildman–Crippen LogP) is 5.87. The summed E-state index contributed by atoms with van der Waals surface area (Å²) in [4.78, 5) is 9.71. The molecule has 1 aliphatic heterocycles. The second kappa shape index (κ2) is 6.65. The minimum Gasteiger partial charge on any atom is -0.185 e. The van der Waals surface area contributed by atoms with Crippen molar-refractivity contribution < 1.29 is 0 Å². The van der Waals surface area contributed by atoms with Gasteiger partial charge < -0.3 is 0 Å². The summed E-state index contributed by atoms with van der Waals surface area (Å²) in [5, 5.41) is 0.621. The Labute approximate surface area is 123 Å². The van der Waals surface area contributed by atoms with Crippen LogP contribution < -0.4 is 0 Å². The maximum Gasteiger partial charge on any atom is 0.102 e. The normalized spacial score (nSPS) is 12.7. The summed E-state index contributed by atoms with van der Waals surface area (Å²) in [5.74, 6) is 0.726. The van der Waals surface area contributed by atoms with Gasteiger partial charge in [0, 0.05) is 10.1 Å². The van der Waals surface area contributed by atoms with Crippen LogP contribution in [0, 0.1) is 5.92 Å². The molecule has 2 nitrogen and oxygen atoms in total. The fourth-order valence-electron chi connectivity index (χ4n) is 1.78. The van der Waals surface area contributed by atoms with Crippen LogP contribution in [0.5, 0.6) is 0 Å². The quantitative estimate of drug-likeness (QED) is 0.621. The monoisotopic (exact) mass is 292 g/mol. The Balaban J connectivity index is 2.20. The highest BCUT2D eigenvalue weighted by Gasteiger charge is 2.13. The molecule has 1 aliphatic rings. The van der Waals surface area contributed by atoms with Gasteiger partial charge in [0.1, 0.15) is 17.4 Å². The molecule has 0 amide bonds. The average molecular weight is 292 g/mol. The molecule has 0 saturated heterocycles. The van der Waals surface area contributed by atoms with Crippen LogP contribution in [0.1, 0.15) is 39.7 Å². The Hall–Kier alpha value is -0.700. The predicted molar refractivity (Wildman–Crippen MR) is 87.4 cm³/mol. The van der Waals surface area contributed by atoms with Crippen molar-refractivity contribution in [3.8, 4) is 0 Å². The van der Waals surface area contributed by atoms with E-state index in [1.165, 1.54) is 16.9 Å². The van der Waals surface area contributed by atoms with Gasteiger partial charge in [0.15, 0.2) is 0 Å². The molecule has 0 N–H and O–H groups in total. The van der Waals surface area contributed by atoms with E-state index in [1.54, 1.807) is 0 Å². The van der Waals surface area contributed by atoms with Gasteiger partial charge >= 0.3 is 0 Å². The van der Waals surface area contributed by atoms with Gasteiger partial charge in [0.2, 0.25) is 0 Å². The number of fused-ring (bicyclic) bond motifs is 1. The van der Waals surface area contributed by atoms with Crippen molar-refractivity contribution in [2.75, 3.05) is 0 Å². The molecule has 0 radical (unpaired) electrons. The molecule has 0 spiro atoms. The fraction of sp³-hybridized carbons (Fsp3) is 0.533. The molecular formula is C15H20N2S2. The number of hydrogen-bond acceptors (Lipinski definition) is 4. The average Bonchev–Trinajstić information content (AvgIpc) is 2.79. The van der Waals surface area contributed by atoms with E-state index in [4.69, 9.17) is 0 Å². The van der Waals surface area contributed by atoms with E-state index < -0.39 is 0 Å². The van der Waals surface area contributed by atoms with Crippen LogP contribution in [-0.2, 0) is 6.42 Å². The van der Waals surface area contributed by atoms with Crippen molar-refractivity contribution in [2.45, 2.75) is 50.7 Å². The second-order valence-electron chi connectivity index (χ2n) is 5.43. The third-order valence-electron chi connectivity index (χ3n) is 2.82. The van der Waals surface area contributed by atoms with Crippen LogP contribution in [0.25, 0.3) is 0 Å². The number of nitrogens with zero attached hydrogens (tertiary/aromatic N) is 2. The van der Waals surface area contributed by atoms with Gasteiger partial charge in [-0.25, -0.2) is 0 Å². The molecule has 102 valence electrons. The van der Waals surface area contributed by atoms with Crippen LogP contribution in [-0.4, -0.2) is 11.3 Å². The lowest BCUT2D eigenvalue weighted by Crippen LogP contribution is -1.94. The molecule has 0 unspecified atom stereocenters. The summed E-state index contributed by atoms with van der Waals surface area (Å²) in [6, 6.07) is 7.05.